The smallest absolute Gasteiger partial charge is 0.303 e. The van der Waals surface area contributed by atoms with Crippen LogP contribution in [0.1, 0.15) is 40.7 Å². The van der Waals surface area contributed by atoms with Crippen molar-refractivity contribution in [2.24, 2.45) is 0 Å². The highest BCUT2D eigenvalue weighted by atomic mass is 79.9. The Hall–Kier alpha value is -1.36. The number of benzene rings is 1. The van der Waals surface area contributed by atoms with Gasteiger partial charge in [0.25, 0.3) is 0 Å². The summed E-state index contributed by atoms with van der Waals surface area (Å²) < 4.78 is 6.16. The standard InChI is InChI=1S/C14H17BrO4/c1-8-7-10(15)9(2)13(14(8)19-3)11(16)5-4-6-12(17)18/h7H,4-6H2,1-3H3,(H,17,18). The minimum Gasteiger partial charge on any atom is -0.496 e. The fourth-order valence-electron chi connectivity index (χ4n) is 1.97. The summed E-state index contributed by atoms with van der Waals surface area (Å²) in [7, 11) is 1.53. The molecule has 0 aliphatic heterocycles. The molecule has 0 aromatic heterocycles. The fraction of sp³-hybridized carbons (Fsp3) is 0.429. The number of aryl methyl sites for hydroxylation is 1. The molecular weight excluding hydrogens is 312 g/mol. The van der Waals surface area contributed by atoms with Gasteiger partial charge in [0.1, 0.15) is 5.75 Å². The highest BCUT2D eigenvalue weighted by Crippen LogP contribution is 2.33. The Morgan fingerprint density at radius 2 is 1.95 bits per heavy atom. The summed E-state index contributed by atoms with van der Waals surface area (Å²) >= 11 is 3.42. The number of methoxy groups -OCH3 is 1. The second-order valence-electron chi connectivity index (χ2n) is 4.38. The van der Waals surface area contributed by atoms with Crippen LogP contribution in [-0.2, 0) is 4.79 Å². The summed E-state index contributed by atoms with van der Waals surface area (Å²) in [5, 5.41) is 8.60. The van der Waals surface area contributed by atoms with Crippen LogP contribution in [0.2, 0.25) is 0 Å². The number of aliphatic carboxylic acids is 1. The van der Waals surface area contributed by atoms with Crippen LogP contribution < -0.4 is 4.74 Å². The first-order valence-electron chi connectivity index (χ1n) is 5.97. The molecule has 0 aliphatic rings. The Kier molecular flexibility index (Phi) is 5.54. The molecule has 0 atom stereocenters. The van der Waals surface area contributed by atoms with Gasteiger partial charge in [-0.05, 0) is 37.5 Å². The Balaban J connectivity index is 3.04. The van der Waals surface area contributed by atoms with E-state index < -0.39 is 5.97 Å². The summed E-state index contributed by atoms with van der Waals surface area (Å²) in [4.78, 5) is 22.7. The summed E-state index contributed by atoms with van der Waals surface area (Å²) in [6.45, 7) is 3.72. The number of rotatable bonds is 6. The van der Waals surface area contributed by atoms with Crippen molar-refractivity contribution in [3.8, 4) is 5.75 Å². The largest absolute Gasteiger partial charge is 0.496 e. The number of ether oxygens (including phenoxy) is 1. The van der Waals surface area contributed by atoms with Crippen LogP contribution in [0.5, 0.6) is 5.75 Å². The number of ketones is 1. The third-order valence-corrected chi connectivity index (χ3v) is 3.76. The van der Waals surface area contributed by atoms with Crippen molar-refractivity contribution in [2.75, 3.05) is 7.11 Å². The lowest BCUT2D eigenvalue weighted by molar-refractivity contribution is -0.137. The molecule has 0 spiro atoms. The minimum absolute atomic E-state index is 0.0000878. The second-order valence-corrected chi connectivity index (χ2v) is 5.23. The first kappa shape index (κ1) is 15.7. The van der Waals surface area contributed by atoms with E-state index in [1.165, 1.54) is 7.11 Å². The highest BCUT2D eigenvalue weighted by Gasteiger charge is 2.19. The van der Waals surface area contributed by atoms with Crippen LogP contribution in [0, 0.1) is 13.8 Å². The van der Waals surface area contributed by atoms with E-state index in [9.17, 15) is 9.59 Å². The van der Waals surface area contributed by atoms with E-state index in [1.807, 2.05) is 19.9 Å². The molecule has 4 nitrogen and oxygen atoms in total. The van der Waals surface area contributed by atoms with Gasteiger partial charge in [0.15, 0.2) is 5.78 Å². The average molecular weight is 329 g/mol. The van der Waals surface area contributed by atoms with Crippen molar-refractivity contribution in [3.05, 3.63) is 27.2 Å². The van der Waals surface area contributed by atoms with Gasteiger partial charge in [-0.3, -0.25) is 9.59 Å². The van der Waals surface area contributed by atoms with Gasteiger partial charge < -0.3 is 9.84 Å². The molecule has 0 aliphatic carbocycles. The molecule has 0 amide bonds. The van der Waals surface area contributed by atoms with Crippen molar-refractivity contribution in [2.45, 2.75) is 33.1 Å². The first-order chi connectivity index (χ1) is 8.88. The third kappa shape index (κ3) is 3.80. The maximum Gasteiger partial charge on any atom is 0.303 e. The quantitative estimate of drug-likeness (QED) is 0.811. The number of Topliss-reactive ketones (excluding diaryl/α,β-unsaturated/α-hetero) is 1. The molecule has 1 N–H and O–H groups in total. The molecule has 5 heteroatoms. The number of carboxylic acids is 1. The van der Waals surface area contributed by atoms with Crippen LogP contribution in [-0.4, -0.2) is 24.0 Å². The zero-order chi connectivity index (χ0) is 14.6. The lowest BCUT2D eigenvalue weighted by Crippen LogP contribution is -2.08. The van der Waals surface area contributed by atoms with E-state index in [2.05, 4.69) is 15.9 Å². The van der Waals surface area contributed by atoms with E-state index in [4.69, 9.17) is 9.84 Å². The van der Waals surface area contributed by atoms with E-state index in [1.54, 1.807) is 0 Å². The molecule has 0 saturated carbocycles. The summed E-state index contributed by atoms with van der Waals surface area (Å²) in [5.41, 5.74) is 2.24. The van der Waals surface area contributed by atoms with Gasteiger partial charge in [-0.15, -0.1) is 0 Å². The van der Waals surface area contributed by atoms with Gasteiger partial charge in [0.2, 0.25) is 0 Å². The predicted octanol–water partition coefficient (Wildman–Crippen LogP) is 3.51. The van der Waals surface area contributed by atoms with Gasteiger partial charge in [-0.1, -0.05) is 15.9 Å². The molecule has 0 heterocycles. The molecular formula is C14H17BrO4. The van der Waals surface area contributed by atoms with Gasteiger partial charge >= 0.3 is 5.97 Å². The molecule has 0 unspecified atom stereocenters. The lowest BCUT2D eigenvalue weighted by atomic mass is 9.97. The molecule has 0 fully saturated rings. The van der Waals surface area contributed by atoms with Crippen molar-refractivity contribution < 1.29 is 19.4 Å². The van der Waals surface area contributed by atoms with Crippen LogP contribution in [0.3, 0.4) is 0 Å². The Morgan fingerprint density at radius 1 is 1.32 bits per heavy atom. The second kappa shape index (κ2) is 6.70. The number of hydrogen-bond donors (Lipinski definition) is 1. The van der Waals surface area contributed by atoms with E-state index in [-0.39, 0.29) is 18.6 Å². The van der Waals surface area contributed by atoms with Crippen molar-refractivity contribution in [1.29, 1.82) is 0 Å². The fourth-order valence-corrected chi connectivity index (χ4v) is 2.52. The van der Waals surface area contributed by atoms with E-state index in [0.717, 1.165) is 15.6 Å². The van der Waals surface area contributed by atoms with Crippen LogP contribution in [0.15, 0.2) is 10.5 Å². The van der Waals surface area contributed by atoms with Gasteiger partial charge in [0, 0.05) is 17.3 Å². The minimum atomic E-state index is -0.887. The molecule has 0 radical (unpaired) electrons. The van der Waals surface area contributed by atoms with Crippen LogP contribution in [0.4, 0.5) is 0 Å². The van der Waals surface area contributed by atoms with Crippen molar-refractivity contribution in [3.63, 3.8) is 0 Å². The molecule has 0 bridgehead atoms. The van der Waals surface area contributed by atoms with Gasteiger partial charge in [-0.2, -0.15) is 0 Å². The molecule has 1 aromatic rings. The zero-order valence-electron chi connectivity index (χ0n) is 11.2. The number of carbonyl (C=O) groups is 2. The molecule has 1 aromatic carbocycles. The Bertz CT molecular complexity index is 509. The van der Waals surface area contributed by atoms with Crippen molar-refractivity contribution >= 4 is 27.7 Å². The van der Waals surface area contributed by atoms with Crippen molar-refractivity contribution in [1.82, 2.24) is 0 Å². The summed E-state index contributed by atoms with van der Waals surface area (Å²) in [5.74, 6) is -0.400. The van der Waals surface area contributed by atoms with Crippen LogP contribution in [0.25, 0.3) is 0 Å². The normalized spacial score (nSPS) is 10.3. The summed E-state index contributed by atoms with van der Waals surface area (Å²) in [6.07, 6.45) is 0.543. The maximum absolute atomic E-state index is 12.2. The first-order valence-corrected chi connectivity index (χ1v) is 6.76. The zero-order valence-corrected chi connectivity index (χ0v) is 12.8. The highest BCUT2D eigenvalue weighted by molar-refractivity contribution is 9.10. The number of halogens is 1. The number of hydrogen-bond acceptors (Lipinski definition) is 3. The molecule has 104 valence electrons. The average Bonchev–Trinajstić information content (AvgIpc) is 2.32. The van der Waals surface area contributed by atoms with E-state index in [0.29, 0.717) is 17.7 Å². The number of carboxylic acid groups (broad SMARTS) is 1. The van der Waals surface area contributed by atoms with Gasteiger partial charge in [-0.25, -0.2) is 0 Å². The molecule has 0 saturated heterocycles. The third-order valence-electron chi connectivity index (χ3n) is 2.94. The monoisotopic (exact) mass is 328 g/mol. The maximum atomic E-state index is 12.2. The van der Waals surface area contributed by atoms with Gasteiger partial charge in [0.05, 0.1) is 12.7 Å². The number of carbonyl (C=O) groups excluding carboxylic acids is 1. The Labute approximate surface area is 120 Å². The molecule has 19 heavy (non-hydrogen) atoms. The summed E-state index contributed by atoms with van der Waals surface area (Å²) in [6, 6.07) is 1.90. The van der Waals surface area contributed by atoms with E-state index >= 15 is 0 Å². The molecule has 1 rings (SSSR count). The van der Waals surface area contributed by atoms with Crippen LogP contribution >= 0.6 is 15.9 Å². The SMILES string of the molecule is COc1c(C)cc(Br)c(C)c1C(=O)CCCC(=O)O. The predicted molar refractivity (Wildman–Crippen MR) is 76.0 cm³/mol. The lowest BCUT2D eigenvalue weighted by Gasteiger charge is -2.15. The Morgan fingerprint density at radius 3 is 2.47 bits per heavy atom. The topological polar surface area (TPSA) is 63.6 Å².